The van der Waals surface area contributed by atoms with Crippen LogP contribution in [0.5, 0.6) is 0 Å². The normalized spacial score (nSPS) is 31.7. The predicted molar refractivity (Wildman–Crippen MR) is 149 cm³/mol. The Morgan fingerprint density at radius 3 is 2.38 bits per heavy atom. The molecule has 1 spiro atoms. The lowest BCUT2D eigenvalue weighted by Gasteiger charge is -2.38. The number of ether oxygens (including phenoxy) is 2. The van der Waals surface area contributed by atoms with Crippen LogP contribution in [-0.4, -0.2) is 83.9 Å². The Kier molecular flexibility index (Phi) is 8.15. The first-order valence-corrected chi connectivity index (χ1v) is 14.1. The molecule has 39 heavy (non-hydrogen) atoms. The highest BCUT2D eigenvalue weighted by molar-refractivity contribution is 6.05. The Balaban J connectivity index is 1.80. The van der Waals surface area contributed by atoms with Crippen molar-refractivity contribution in [2.75, 3.05) is 42.6 Å². The molecule has 9 nitrogen and oxygen atoms in total. The molecule has 3 saturated heterocycles. The number of aliphatic hydroxyl groups is 1. The van der Waals surface area contributed by atoms with Crippen LogP contribution in [0, 0.1) is 17.8 Å². The molecule has 2 bridgehead atoms. The van der Waals surface area contributed by atoms with Gasteiger partial charge in [0.2, 0.25) is 5.91 Å². The van der Waals surface area contributed by atoms with Crippen molar-refractivity contribution in [1.29, 1.82) is 0 Å². The fraction of sp³-hybridized carbons (Fsp3) is 0.633. The van der Waals surface area contributed by atoms with E-state index in [-0.39, 0.29) is 37.5 Å². The van der Waals surface area contributed by atoms with E-state index in [1.54, 1.807) is 24.8 Å². The molecule has 3 unspecified atom stereocenters. The highest BCUT2D eigenvalue weighted by atomic mass is 16.6. The molecule has 2 amide bonds. The van der Waals surface area contributed by atoms with Gasteiger partial charge in [-0.15, -0.1) is 6.58 Å². The molecular formula is C30H43N3O6. The molecule has 0 aliphatic carbocycles. The summed E-state index contributed by atoms with van der Waals surface area (Å²) in [5.41, 5.74) is -0.414. The van der Waals surface area contributed by atoms with E-state index in [9.17, 15) is 19.5 Å². The number of fused-ring (bicyclic) bond motifs is 1. The number of esters is 1. The fourth-order valence-corrected chi connectivity index (χ4v) is 7.14. The highest BCUT2D eigenvalue weighted by Crippen LogP contribution is 2.65. The van der Waals surface area contributed by atoms with Crippen LogP contribution >= 0.6 is 0 Å². The summed E-state index contributed by atoms with van der Waals surface area (Å²) < 4.78 is 12.1. The number of hydrogen-bond acceptors (Lipinski definition) is 7. The van der Waals surface area contributed by atoms with Gasteiger partial charge in [0.05, 0.1) is 30.8 Å². The Bertz CT molecular complexity index is 1100. The van der Waals surface area contributed by atoms with Crippen LogP contribution in [0.3, 0.4) is 0 Å². The summed E-state index contributed by atoms with van der Waals surface area (Å²) in [5.74, 6) is -2.93. The molecule has 1 aromatic rings. The van der Waals surface area contributed by atoms with E-state index in [0.29, 0.717) is 12.1 Å². The van der Waals surface area contributed by atoms with Gasteiger partial charge in [-0.25, -0.2) is 0 Å². The number of carbonyl (C=O) groups is 3. The van der Waals surface area contributed by atoms with E-state index in [2.05, 4.69) is 25.3 Å². The zero-order chi connectivity index (χ0) is 28.7. The minimum absolute atomic E-state index is 0.0863. The molecule has 4 rings (SSSR count). The van der Waals surface area contributed by atoms with Crippen LogP contribution in [0.4, 0.5) is 11.4 Å². The molecule has 7 atom stereocenters. The first-order chi connectivity index (χ1) is 18.6. The number of benzene rings is 1. The quantitative estimate of drug-likeness (QED) is 0.340. The number of likely N-dealkylation sites (tertiary alicyclic amines) is 1. The first-order valence-electron chi connectivity index (χ1n) is 14.1. The van der Waals surface area contributed by atoms with Gasteiger partial charge in [-0.2, -0.15) is 0 Å². The molecule has 214 valence electrons. The topological polar surface area (TPSA) is 99.6 Å². The van der Waals surface area contributed by atoms with E-state index >= 15 is 0 Å². The molecule has 3 aliphatic rings. The van der Waals surface area contributed by atoms with Crippen LogP contribution in [0.15, 0.2) is 36.9 Å². The second kappa shape index (κ2) is 10.9. The van der Waals surface area contributed by atoms with Gasteiger partial charge in [0, 0.05) is 31.0 Å². The van der Waals surface area contributed by atoms with Crippen molar-refractivity contribution in [2.45, 2.75) is 71.2 Å². The lowest BCUT2D eigenvalue weighted by Crippen LogP contribution is -2.58. The second-order valence-electron chi connectivity index (χ2n) is 11.2. The smallest absolute Gasteiger partial charge is 0.312 e. The van der Waals surface area contributed by atoms with Gasteiger partial charge >= 0.3 is 5.97 Å². The monoisotopic (exact) mass is 541 g/mol. The van der Waals surface area contributed by atoms with E-state index in [4.69, 9.17) is 9.47 Å². The minimum Gasteiger partial charge on any atom is -0.466 e. The Labute approximate surface area is 231 Å². The van der Waals surface area contributed by atoms with Gasteiger partial charge in [0.15, 0.2) is 0 Å². The maximum Gasteiger partial charge on any atom is 0.312 e. The van der Waals surface area contributed by atoms with E-state index in [0.717, 1.165) is 18.8 Å². The third kappa shape index (κ3) is 4.34. The number of anilines is 2. The van der Waals surface area contributed by atoms with E-state index in [1.165, 1.54) is 4.90 Å². The zero-order valence-electron chi connectivity index (χ0n) is 24.1. The Hall–Kier alpha value is -2.91. The van der Waals surface area contributed by atoms with Crippen LogP contribution in [0.2, 0.25) is 0 Å². The van der Waals surface area contributed by atoms with Crippen LogP contribution in [-0.2, 0) is 23.9 Å². The number of aliphatic hydroxyl groups excluding tert-OH is 1. The summed E-state index contributed by atoms with van der Waals surface area (Å²) in [6.45, 7) is 17.2. The Morgan fingerprint density at radius 1 is 1.23 bits per heavy atom. The second-order valence-corrected chi connectivity index (χ2v) is 11.2. The fourth-order valence-electron chi connectivity index (χ4n) is 7.14. The van der Waals surface area contributed by atoms with Gasteiger partial charge in [0.25, 0.3) is 5.91 Å². The average Bonchev–Trinajstić information content (AvgIpc) is 3.44. The summed E-state index contributed by atoms with van der Waals surface area (Å²) in [4.78, 5) is 47.2. The van der Waals surface area contributed by atoms with Gasteiger partial charge < -0.3 is 29.3 Å². The van der Waals surface area contributed by atoms with Crippen molar-refractivity contribution in [2.24, 2.45) is 17.8 Å². The molecule has 3 fully saturated rings. The summed E-state index contributed by atoms with van der Waals surface area (Å²) in [6, 6.07) is 6.12. The molecule has 1 aromatic carbocycles. The summed E-state index contributed by atoms with van der Waals surface area (Å²) in [6.07, 6.45) is 2.10. The summed E-state index contributed by atoms with van der Waals surface area (Å²) >= 11 is 0. The molecule has 0 saturated carbocycles. The zero-order valence-corrected chi connectivity index (χ0v) is 24.1. The lowest BCUT2D eigenvalue weighted by molar-refractivity contribution is -0.161. The third-order valence-electron chi connectivity index (χ3n) is 9.13. The van der Waals surface area contributed by atoms with E-state index in [1.807, 2.05) is 38.1 Å². The van der Waals surface area contributed by atoms with Crippen LogP contribution in [0.25, 0.3) is 0 Å². The predicted octanol–water partition coefficient (Wildman–Crippen LogP) is 3.01. The van der Waals surface area contributed by atoms with Crippen molar-refractivity contribution >= 4 is 29.2 Å². The maximum absolute atomic E-state index is 14.6. The number of amides is 2. The molecular weight excluding hydrogens is 498 g/mol. The number of rotatable bonds is 11. The first kappa shape index (κ1) is 29.1. The summed E-state index contributed by atoms with van der Waals surface area (Å²) in [7, 11) is 0. The highest BCUT2D eigenvalue weighted by Gasteiger charge is 2.80. The number of hydrogen-bond donors (Lipinski definition) is 1. The largest absolute Gasteiger partial charge is 0.466 e. The maximum atomic E-state index is 14.6. The van der Waals surface area contributed by atoms with Crippen molar-refractivity contribution in [1.82, 2.24) is 4.90 Å². The minimum atomic E-state index is -1.20. The van der Waals surface area contributed by atoms with Gasteiger partial charge in [-0.05, 0) is 71.2 Å². The standard InChI is InChI=1S/C30H43N3O6/c1-8-16-32(22-14-12-21(13-15-22)31(9-2)10-3)27(36)25-30-17-19(5)29(7,39-30)24(28(37)38-11-4)23(30)26(35)33(25)20(6)18-34/h8,12-15,19-20,23-25,34H,1,9-11,16-18H2,2-7H3/t19?,20-,23+,24+,25?,29-,30?/m1/s1. The van der Waals surface area contributed by atoms with Gasteiger partial charge in [-0.1, -0.05) is 13.0 Å². The van der Waals surface area contributed by atoms with Crippen molar-refractivity contribution in [3.05, 3.63) is 36.9 Å². The molecule has 0 aromatic heterocycles. The van der Waals surface area contributed by atoms with Crippen LogP contribution < -0.4 is 9.80 Å². The SMILES string of the molecule is C=CCN(C(=O)C1N([C@H](C)CO)C(=O)[C@@H]2[C@@H](C(=O)OCC)[C@]3(C)OC12CC3C)c1ccc(N(CC)CC)cc1. The Morgan fingerprint density at radius 2 is 1.85 bits per heavy atom. The molecule has 3 aliphatic heterocycles. The van der Waals surface area contributed by atoms with Gasteiger partial charge in [0.1, 0.15) is 17.6 Å². The van der Waals surface area contributed by atoms with Crippen molar-refractivity contribution in [3.63, 3.8) is 0 Å². The molecule has 1 N–H and O–H groups in total. The van der Waals surface area contributed by atoms with Gasteiger partial charge in [-0.3, -0.25) is 14.4 Å². The van der Waals surface area contributed by atoms with Crippen molar-refractivity contribution < 1.29 is 29.0 Å². The summed E-state index contributed by atoms with van der Waals surface area (Å²) in [5, 5.41) is 10.1. The lowest BCUT2D eigenvalue weighted by atomic mass is 9.62. The number of carbonyl (C=O) groups excluding carboxylic acids is 3. The molecule has 0 radical (unpaired) electrons. The average molecular weight is 542 g/mol. The third-order valence-corrected chi connectivity index (χ3v) is 9.13. The van der Waals surface area contributed by atoms with Crippen molar-refractivity contribution in [3.8, 4) is 0 Å². The molecule has 3 heterocycles. The van der Waals surface area contributed by atoms with E-state index < -0.39 is 41.1 Å². The van der Waals surface area contributed by atoms with Crippen LogP contribution in [0.1, 0.15) is 48.0 Å². The number of nitrogens with zero attached hydrogens (tertiary/aromatic N) is 3. The molecule has 9 heteroatoms.